The van der Waals surface area contributed by atoms with E-state index < -0.39 is 0 Å². The summed E-state index contributed by atoms with van der Waals surface area (Å²) in [6, 6.07) is 3.52. The van der Waals surface area contributed by atoms with Crippen molar-refractivity contribution in [3.05, 3.63) is 30.2 Å². The van der Waals surface area contributed by atoms with Crippen LogP contribution >= 0.6 is 0 Å². The minimum atomic E-state index is -0.245. The van der Waals surface area contributed by atoms with Crippen molar-refractivity contribution in [2.75, 3.05) is 53.8 Å². The molecule has 2 aromatic rings. The molecule has 0 unspecified atom stereocenters. The fraction of sp³-hybridized carbons (Fsp3) is 0.421. The second kappa shape index (κ2) is 10.3. The Kier molecular flexibility index (Phi) is 7.82. The zero-order valence-electron chi connectivity index (χ0n) is 16.9. The van der Waals surface area contributed by atoms with Crippen molar-refractivity contribution < 1.29 is 19.0 Å². The van der Waals surface area contributed by atoms with E-state index in [0.29, 0.717) is 35.3 Å². The Labute approximate surface area is 165 Å². The monoisotopic (exact) mass is 389 g/mol. The Hall–Kier alpha value is -3.07. The zero-order chi connectivity index (χ0) is 20.5. The molecule has 0 bridgehead atoms. The van der Waals surface area contributed by atoms with Gasteiger partial charge >= 0.3 is 0 Å². The number of rotatable bonds is 10. The van der Waals surface area contributed by atoms with Gasteiger partial charge in [-0.25, -0.2) is 9.97 Å². The number of ether oxygens (including phenoxy) is 3. The lowest BCUT2D eigenvalue weighted by molar-refractivity contribution is 0.0947. The van der Waals surface area contributed by atoms with Crippen molar-refractivity contribution in [1.29, 1.82) is 0 Å². The predicted molar refractivity (Wildman–Crippen MR) is 107 cm³/mol. The first-order chi connectivity index (χ1) is 13.5. The highest BCUT2D eigenvalue weighted by Gasteiger charge is 2.14. The number of carbonyl (C=O) groups excluding carboxylic acids is 1. The summed E-state index contributed by atoms with van der Waals surface area (Å²) in [7, 11) is 8.63. The number of hydrogen-bond acceptors (Lipinski definition) is 8. The van der Waals surface area contributed by atoms with Crippen LogP contribution in [-0.2, 0) is 0 Å². The number of nitrogens with zero attached hydrogens (tertiary/aromatic N) is 3. The summed E-state index contributed by atoms with van der Waals surface area (Å²) in [6.07, 6.45) is 3.80. The van der Waals surface area contributed by atoms with Crippen LogP contribution in [-0.4, -0.2) is 69.3 Å². The third kappa shape index (κ3) is 5.71. The Morgan fingerprint density at radius 3 is 2.21 bits per heavy atom. The maximum absolute atomic E-state index is 12.1. The fourth-order valence-corrected chi connectivity index (χ4v) is 2.50. The molecule has 28 heavy (non-hydrogen) atoms. The molecule has 1 aromatic heterocycles. The Morgan fingerprint density at radius 2 is 1.71 bits per heavy atom. The van der Waals surface area contributed by atoms with Crippen LogP contribution in [0.4, 0.5) is 11.5 Å². The molecule has 2 rings (SSSR count). The molecule has 0 atom stereocenters. The minimum absolute atomic E-state index is 0.245. The van der Waals surface area contributed by atoms with Crippen LogP contribution in [0, 0.1) is 0 Å². The van der Waals surface area contributed by atoms with Crippen molar-refractivity contribution in [3.63, 3.8) is 0 Å². The molecular formula is C19H27N5O4. The number of anilines is 2. The van der Waals surface area contributed by atoms with E-state index in [9.17, 15) is 4.79 Å². The standard InChI is InChI=1S/C19H27N5O4/c1-24(2)8-6-7-20-19(25)14-11-22-17(12-21-14)23-13-9-15(26-3)18(28-5)16(10-13)27-4/h9-12H,6-8H2,1-5H3,(H,20,25)(H,22,23). The normalized spacial score (nSPS) is 10.5. The molecule has 152 valence electrons. The molecule has 0 spiro atoms. The van der Waals surface area contributed by atoms with Crippen molar-refractivity contribution in [3.8, 4) is 17.2 Å². The summed E-state index contributed by atoms with van der Waals surface area (Å²) in [5.74, 6) is 1.78. The molecule has 1 heterocycles. The molecular weight excluding hydrogens is 362 g/mol. The molecule has 0 fully saturated rings. The Bertz CT molecular complexity index is 755. The third-order valence-corrected chi connectivity index (χ3v) is 3.89. The first kappa shape index (κ1) is 21.2. The van der Waals surface area contributed by atoms with Crippen LogP contribution < -0.4 is 24.8 Å². The number of benzene rings is 1. The van der Waals surface area contributed by atoms with E-state index in [-0.39, 0.29) is 11.6 Å². The number of methoxy groups -OCH3 is 3. The van der Waals surface area contributed by atoms with Crippen LogP contribution in [0.3, 0.4) is 0 Å². The van der Waals surface area contributed by atoms with Gasteiger partial charge in [0.15, 0.2) is 11.5 Å². The van der Waals surface area contributed by atoms with Gasteiger partial charge in [-0.3, -0.25) is 4.79 Å². The Balaban J connectivity index is 2.03. The average molecular weight is 389 g/mol. The summed E-state index contributed by atoms with van der Waals surface area (Å²) >= 11 is 0. The molecule has 0 saturated carbocycles. The number of hydrogen-bond donors (Lipinski definition) is 2. The second-order valence-electron chi connectivity index (χ2n) is 6.24. The van der Waals surface area contributed by atoms with Crippen LogP contribution in [0.25, 0.3) is 0 Å². The van der Waals surface area contributed by atoms with Gasteiger partial charge in [0.2, 0.25) is 5.75 Å². The molecule has 2 N–H and O–H groups in total. The van der Waals surface area contributed by atoms with Gasteiger partial charge in [0.05, 0.1) is 33.7 Å². The lowest BCUT2D eigenvalue weighted by Gasteiger charge is -2.14. The predicted octanol–water partition coefficient (Wildman–Crippen LogP) is 1.93. The molecule has 0 saturated heterocycles. The van der Waals surface area contributed by atoms with Gasteiger partial charge in [-0.15, -0.1) is 0 Å². The smallest absolute Gasteiger partial charge is 0.271 e. The topological polar surface area (TPSA) is 97.8 Å². The van der Waals surface area contributed by atoms with Gasteiger partial charge in [0.25, 0.3) is 5.91 Å². The maximum Gasteiger partial charge on any atom is 0.271 e. The van der Waals surface area contributed by atoms with E-state index in [2.05, 4.69) is 25.5 Å². The van der Waals surface area contributed by atoms with Crippen molar-refractivity contribution in [2.45, 2.75) is 6.42 Å². The highest BCUT2D eigenvalue weighted by molar-refractivity contribution is 5.92. The van der Waals surface area contributed by atoms with Gasteiger partial charge < -0.3 is 29.7 Å². The first-order valence-electron chi connectivity index (χ1n) is 8.80. The average Bonchev–Trinajstić information content (AvgIpc) is 2.70. The van der Waals surface area contributed by atoms with Gasteiger partial charge in [-0.1, -0.05) is 0 Å². The summed E-state index contributed by atoms with van der Waals surface area (Å²) < 4.78 is 16.0. The summed E-state index contributed by atoms with van der Waals surface area (Å²) in [5, 5.41) is 5.94. The number of nitrogens with one attached hydrogen (secondary N) is 2. The van der Waals surface area contributed by atoms with Crippen molar-refractivity contribution in [1.82, 2.24) is 20.2 Å². The molecule has 0 radical (unpaired) electrons. The summed E-state index contributed by atoms with van der Waals surface area (Å²) in [4.78, 5) is 22.6. The molecule has 1 amide bonds. The van der Waals surface area contributed by atoms with E-state index in [1.165, 1.54) is 12.4 Å². The minimum Gasteiger partial charge on any atom is -0.493 e. The zero-order valence-corrected chi connectivity index (χ0v) is 16.9. The maximum atomic E-state index is 12.1. The highest BCUT2D eigenvalue weighted by Crippen LogP contribution is 2.40. The van der Waals surface area contributed by atoms with Crippen molar-refractivity contribution >= 4 is 17.4 Å². The van der Waals surface area contributed by atoms with Gasteiger partial charge in [-0.2, -0.15) is 0 Å². The van der Waals surface area contributed by atoms with Crippen LogP contribution in [0.5, 0.6) is 17.2 Å². The molecule has 1 aromatic carbocycles. The SMILES string of the molecule is COc1cc(Nc2cnc(C(=O)NCCCN(C)C)cn2)cc(OC)c1OC. The van der Waals surface area contributed by atoms with E-state index >= 15 is 0 Å². The summed E-state index contributed by atoms with van der Waals surface area (Å²) in [5.41, 5.74) is 0.949. The lowest BCUT2D eigenvalue weighted by atomic mass is 10.2. The van der Waals surface area contributed by atoms with Crippen LogP contribution in [0.2, 0.25) is 0 Å². The fourth-order valence-electron chi connectivity index (χ4n) is 2.50. The quantitative estimate of drug-likeness (QED) is 0.595. The van der Waals surface area contributed by atoms with E-state index in [1.807, 2.05) is 14.1 Å². The largest absolute Gasteiger partial charge is 0.493 e. The number of carbonyl (C=O) groups is 1. The number of aromatic nitrogens is 2. The van der Waals surface area contributed by atoms with E-state index in [1.54, 1.807) is 33.5 Å². The molecule has 0 aliphatic heterocycles. The van der Waals surface area contributed by atoms with Crippen LogP contribution in [0.15, 0.2) is 24.5 Å². The molecule has 9 nitrogen and oxygen atoms in total. The van der Waals surface area contributed by atoms with Gasteiger partial charge in [0.1, 0.15) is 11.5 Å². The van der Waals surface area contributed by atoms with Gasteiger partial charge in [-0.05, 0) is 27.1 Å². The van der Waals surface area contributed by atoms with Gasteiger partial charge in [0, 0.05) is 24.4 Å². The lowest BCUT2D eigenvalue weighted by Crippen LogP contribution is -2.27. The number of amides is 1. The van der Waals surface area contributed by atoms with E-state index in [0.717, 1.165) is 13.0 Å². The second-order valence-corrected chi connectivity index (χ2v) is 6.24. The van der Waals surface area contributed by atoms with Crippen molar-refractivity contribution in [2.24, 2.45) is 0 Å². The molecule has 9 heteroatoms. The molecule has 0 aliphatic carbocycles. The first-order valence-corrected chi connectivity index (χ1v) is 8.80. The highest BCUT2D eigenvalue weighted by atomic mass is 16.5. The third-order valence-electron chi connectivity index (χ3n) is 3.89. The Morgan fingerprint density at radius 1 is 1.04 bits per heavy atom. The summed E-state index contributed by atoms with van der Waals surface area (Å²) in [6.45, 7) is 1.49. The molecule has 0 aliphatic rings. The van der Waals surface area contributed by atoms with Crippen LogP contribution in [0.1, 0.15) is 16.9 Å². The van der Waals surface area contributed by atoms with E-state index in [4.69, 9.17) is 14.2 Å².